The van der Waals surface area contributed by atoms with Gasteiger partial charge in [-0.2, -0.15) is 0 Å². The first-order valence-electron chi connectivity index (χ1n) is 6.66. The number of benzene rings is 1. The molecule has 0 saturated heterocycles. The Bertz CT molecular complexity index is 626. The minimum absolute atomic E-state index is 0.000274. The van der Waals surface area contributed by atoms with E-state index in [4.69, 9.17) is 16.3 Å². The summed E-state index contributed by atoms with van der Waals surface area (Å²) in [6, 6.07) is 6.15. The number of halogens is 2. The van der Waals surface area contributed by atoms with Crippen molar-refractivity contribution < 1.29 is 9.13 Å². The van der Waals surface area contributed by atoms with Crippen molar-refractivity contribution in [1.29, 1.82) is 0 Å². The summed E-state index contributed by atoms with van der Waals surface area (Å²) in [5.74, 6) is 0.633. The molecule has 0 radical (unpaired) electrons. The Morgan fingerprint density at radius 1 is 1.29 bits per heavy atom. The lowest BCUT2D eigenvalue weighted by atomic mass is 10.1. The lowest BCUT2D eigenvalue weighted by Crippen LogP contribution is -2.35. The molecule has 1 aromatic heterocycles. The van der Waals surface area contributed by atoms with Crippen molar-refractivity contribution in [1.82, 2.24) is 10.3 Å². The van der Waals surface area contributed by atoms with Crippen LogP contribution in [0.5, 0.6) is 11.5 Å². The van der Waals surface area contributed by atoms with E-state index in [0.29, 0.717) is 18.0 Å². The second-order valence-electron chi connectivity index (χ2n) is 5.76. The van der Waals surface area contributed by atoms with Crippen LogP contribution in [-0.4, -0.2) is 10.5 Å². The Hall–Kier alpha value is -1.65. The van der Waals surface area contributed by atoms with Gasteiger partial charge in [-0.3, -0.25) is 4.98 Å². The molecule has 0 fully saturated rings. The maximum Gasteiger partial charge on any atom is 0.150 e. The zero-order valence-corrected chi connectivity index (χ0v) is 13.0. The molecular formula is C16H18ClFN2O. The van der Waals surface area contributed by atoms with Crippen molar-refractivity contribution in [3.63, 3.8) is 0 Å². The van der Waals surface area contributed by atoms with E-state index in [9.17, 15) is 4.39 Å². The van der Waals surface area contributed by atoms with Crippen molar-refractivity contribution in [2.45, 2.75) is 32.9 Å². The Labute approximate surface area is 129 Å². The molecule has 0 aliphatic carbocycles. The molecule has 2 rings (SSSR count). The zero-order valence-electron chi connectivity index (χ0n) is 12.3. The van der Waals surface area contributed by atoms with Crippen LogP contribution in [0, 0.1) is 5.82 Å². The number of rotatable bonds is 4. The van der Waals surface area contributed by atoms with E-state index in [1.54, 1.807) is 12.4 Å². The highest BCUT2D eigenvalue weighted by atomic mass is 35.5. The summed E-state index contributed by atoms with van der Waals surface area (Å²) in [5, 5.41) is 3.42. The molecule has 0 spiro atoms. The molecule has 0 atom stereocenters. The second-order valence-corrected chi connectivity index (χ2v) is 6.17. The van der Waals surface area contributed by atoms with Crippen LogP contribution in [0.25, 0.3) is 0 Å². The molecule has 1 aromatic carbocycles. The Balaban J connectivity index is 2.17. The van der Waals surface area contributed by atoms with E-state index in [2.05, 4.69) is 31.1 Å². The second kappa shape index (κ2) is 6.41. The number of nitrogens with one attached hydrogen (secondary N) is 1. The van der Waals surface area contributed by atoms with Gasteiger partial charge in [0.25, 0.3) is 0 Å². The lowest BCUT2D eigenvalue weighted by Gasteiger charge is -2.21. The molecule has 2 aromatic rings. The van der Waals surface area contributed by atoms with E-state index in [1.165, 1.54) is 18.2 Å². The molecule has 0 aliphatic rings. The molecular weight excluding hydrogens is 291 g/mol. The van der Waals surface area contributed by atoms with Gasteiger partial charge < -0.3 is 10.1 Å². The first-order valence-corrected chi connectivity index (χ1v) is 7.04. The van der Waals surface area contributed by atoms with E-state index in [1.807, 2.05) is 6.07 Å². The predicted octanol–water partition coefficient (Wildman–Crippen LogP) is 4.55. The number of nitrogens with zero attached hydrogens (tertiary/aromatic N) is 1. The van der Waals surface area contributed by atoms with Crippen LogP contribution < -0.4 is 10.1 Å². The Morgan fingerprint density at radius 2 is 2.05 bits per heavy atom. The molecule has 0 bridgehead atoms. The summed E-state index contributed by atoms with van der Waals surface area (Å²) in [6.07, 6.45) is 3.35. The van der Waals surface area contributed by atoms with Gasteiger partial charge in [0.1, 0.15) is 17.3 Å². The average Bonchev–Trinajstić information content (AvgIpc) is 2.41. The molecule has 112 valence electrons. The number of aromatic nitrogens is 1. The smallest absolute Gasteiger partial charge is 0.150 e. The normalized spacial score (nSPS) is 11.5. The highest BCUT2D eigenvalue weighted by Crippen LogP contribution is 2.28. The van der Waals surface area contributed by atoms with Crippen molar-refractivity contribution in [3.05, 3.63) is 53.1 Å². The van der Waals surface area contributed by atoms with Crippen molar-refractivity contribution in [3.8, 4) is 11.5 Å². The Kier molecular flexibility index (Phi) is 4.80. The quantitative estimate of drug-likeness (QED) is 0.899. The third-order valence-corrected chi connectivity index (χ3v) is 3.09. The third kappa shape index (κ3) is 4.69. The van der Waals surface area contributed by atoms with E-state index in [0.717, 1.165) is 5.56 Å². The summed E-state index contributed by atoms with van der Waals surface area (Å²) in [6.45, 7) is 6.92. The van der Waals surface area contributed by atoms with Gasteiger partial charge in [-0.05, 0) is 39.0 Å². The van der Waals surface area contributed by atoms with E-state index >= 15 is 0 Å². The predicted molar refractivity (Wildman–Crippen MR) is 82.3 cm³/mol. The van der Waals surface area contributed by atoms with Crippen LogP contribution in [0.1, 0.15) is 26.3 Å². The van der Waals surface area contributed by atoms with Crippen LogP contribution >= 0.6 is 11.6 Å². The first-order chi connectivity index (χ1) is 9.85. The van der Waals surface area contributed by atoms with Crippen LogP contribution in [-0.2, 0) is 6.54 Å². The average molecular weight is 309 g/mol. The summed E-state index contributed by atoms with van der Waals surface area (Å²) >= 11 is 5.76. The van der Waals surface area contributed by atoms with Crippen LogP contribution in [0.3, 0.4) is 0 Å². The Morgan fingerprint density at radius 3 is 2.71 bits per heavy atom. The molecule has 0 amide bonds. The highest BCUT2D eigenvalue weighted by Gasteiger charge is 2.12. The first kappa shape index (κ1) is 15.7. The van der Waals surface area contributed by atoms with E-state index in [-0.39, 0.29) is 10.6 Å². The number of pyridine rings is 1. The van der Waals surface area contributed by atoms with Gasteiger partial charge in [0.05, 0.1) is 11.2 Å². The molecule has 0 unspecified atom stereocenters. The topological polar surface area (TPSA) is 34.2 Å². The van der Waals surface area contributed by atoms with Crippen molar-refractivity contribution >= 4 is 11.6 Å². The monoisotopic (exact) mass is 308 g/mol. The minimum atomic E-state index is -0.468. The maximum absolute atomic E-state index is 13.2. The molecule has 1 N–H and O–H groups in total. The summed E-state index contributed by atoms with van der Waals surface area (Å²) in [5.41, 5.74) is 0.972. The van der Waals surface area contributed by atoms with Gasteiger partial charge in [-0.25, -0.2) is 4.39 Å². The minimum Gasteiger partial charge on any atom is -0.455 e. The molecule has 1 heterocycles. The van der Waals surface area contributed by atoms with Crippen LogP contribution in [0.2, 0.25) is 5.02 Å². The third-order valence-electron chi connectivity index (χ3n) is 2.80. The van der Waals surface area contributed by atoms with Gasteiger partial charge >= 0.3 is 0 Å². The SMILES string of the molecule is CC(C)(C)NCc1ccncc1Oc1ccc(F)c(Cl)c1. The maximum atomic E-state index is 13.2. The van der Waals surface area contributed by atoms with Gasteiger partial charge in [0, 0.05) is 29.9 Å². The van der Waals surface area contributed by atoms with Gasteiger partial charge in [0.2, 0.25) is 0 Å². The molecule has 5 heteroatoms. The van der Waals surface area contributed by atoms with Crippen molar-refractivity contribution in [2.24, 2.45) is 0 Å². The van der Waals surface area contributed by atoms with Crippen LogP contribution in [0.15, 0.2) is 36.7 Å². The summed E-state index contributed by atoms with van der Waals surface area (Å²) < 4.78 is 18.9. The van der Waals surface area contributed by atoms with Gasteiger partial charge in [-0.1, -0.05) is 11.6 Å². The number of hydrogen-bond donors (Lipinski definition) is 1. The molecule has 0 aliphatic heterocycles. The summed E-state index contributed by atoms with van der Waals surface area (Å²) in [4.78, 5) is 4.07. The number of hydrogen-bond acceptors (Lipinski definition) is 3. The van der Waals surface area contributed by atoms with Crippen LogP contribution in [0.4, 0.5) is 4.39 Å². The lowest BCUT2D eigenvalue weighted by molar-refractivity contribution is 0.413. The van der Waals surface area contributed by atoms with Gasteiger partial charge in [-0.15, -0.1) is 0 Å². The van der Waals surface area contributed by atoms with Crippen molar-refractivity contribution in [2.75, 3.05) is 0 Å². The zero-order chi connectivity index (χ0) is 15.5. The fourth-order valence-corrected chi connectivity index (χ4v) is 1.84. The molecule has 21 heavy (non-hydrogen) atoms. The highest BCUT2D eigenvalue weighted by molar-refractivity contribution is 6.30. The molecule has 3 nitrogen and oxygen atoms in total. The molecule has 0 saturated carbocycles. The number of ether oxygens (including phenoxy) is 1. The standard InChI is InChI=1S/C16H18ClFN2O/c1-16(2,3)20-9-11-6-7-19-10-15(11)21-12-4-5-14(18)13(17)8-12/h4-8,10,20H,9H2,1-3H3. The van der Waals surface area contributed by atoms with Gasteiger partial charge in [0.15, 0.2) is 0 Å². The summed E-state index contributed by atoms with van der Waals surface area (Å²) in [7, 11) is 0. The van der Waals surface area contributed by atoms with E-state index < -0.39 is 5.82 Å². The fourth-order valence-electron chi connectivity index (χ4n) is 1.67. The largest absolute Gasteiger partial charge is 0.455 e. The fraction of sp³-hybridized carbons (Fsp3) is 0.312.